The largest absolute Gasteiger partial charge is 0.456 e. The van der Waals surface area contributed by atoms with Gasteiger partial charge >= 0.3 is 0 Å². The maximum atomic E-state index is 13.5. The van der Waals surface area contributed by atoms with Crippen LogP contribution in [-0.4, -0.2) is 50.4 Å². The Kier molecular flexibility index (Phi) is 4.59. The summed E-state index contributed by atoms with van der Waals surface area (Å²) in [5, 5.41) is 0. The molecule has 5 rings (SSSR count). The average molecular weight is 431 g/mol. The second-order valence-corrected chi connectivity index (χ2v) is 9.91. The van der Waals surface area contributed by atoms with E-state index in [0.717, 1.165) is 30.3 Å². The topological polar surface area (TPSA) is 68.2 Å². The molecule has 2 aliphatic heterocycles. The van der Waals surface area contributed by atoms with Gasteiger partial charge in [-0.3, -0.25) is 4.18 Å². The molecule has 2 aromatic carbocycles. The molecule has 1 saturated carbocycles. The molecule has 2 heterocycles. The second kappa shape index (κ2) is 7.06. The summed E-state index contributed by atoms with van der Waals surface area (Å²) < 4.78 is 47.6. The average Bonchev–Trinajstić information content (AvgIpc) is 3.12. The number of amidine groups is 1. The number of fused-ring (bicyclic) bond motifs is 1. The smallest absolute Gasteiger partial charge is 0.288 e. The highest BCUT2D eigenvalue weighted by Crippen LogP contribution is 2.44. The standard InChI is InChI=1S/C22H23FN2O4S/c1-30(26,27)29-18-12-22(13-18)14-24-21(28-22)25-11-10-15-4-2-3-5-19(15)20(25)16-6-8-17(23)9-7-16/h2-9,18,20H,10-14H2,1H3. The molecule has 1 unspecified atom stereocenters. The van der Waals surface area contributed by atoms with Crippen LogP contribution in [0.3, 0.4) is 0 Å². The Morgan fingerprint density at radius 1 is 1.17 bits per heavy atom. The predicted molar refractivity (Wildman–Crippen MR) is 110 cm³/mol. The summed E-state index contributed by atoms with van der Waals surface area (Å²) in [6, 6.07) is 15.3. The number of hydrogen-bond acceptors (Lipinski definition) is 6. The molecule has 1 aliphatic carbocycles. The van der Waals surface area contributed by atoms with Gasteiger partial charge in [0.25, 0.3) is 16.1 Å². The van der Waals surface area contributed by atoms with Gasteiger partial charge in [0, 0.05) is 19.4 Å². The van der Waals surface area contributed by atoms with E-state index in [1.54, 1.807) is 12.1 Å². The minimum Gasteiger partial charge on any atom is -0.456 e. The molecular formula is C22H23FN2O4S. The van der Waals surface area contributed by atoms with Crippen LogP contribution < -0.4 is 0 Å². The Balaban J connectivity index is 1.39. The van der Waals surface area contributed by atoms with Crippen LogP contribution in [0.15, 0.2) is 53.5 Å². The van der Waals surface area contributed by atoms with Crippen molar-refractivity contribution in [3.63, 3.8) is 0 Å². The lowest BCUT2D eigenvalue weighted by atomic mass is 9.78. The number of benzene rings is 2. The summed E-state index contributed by atoms with van der Waals surface area (Å²) in [5.74, 6) is -0.269. The van der Waals surface area contributed by atoms with E-state index in [1.165, 1.54) is 17.7 Å². The zero-order valence-electron chi connectivity index (χ0n) is 16.6. The van der Waals surface area contributed by atoms with Crippen LogP contribution in [0.5, 0.6) is 0 Å². The van der Waals surface area contributed by atoms with Crippen LogP contribution in [0.25, 0.3) is 0 Å². The molecule has 0 N–H and O–H groups in total. The molecule has 2 aromatic rings. The van der Waals surface area contributed by atoms with E-state index in [4.69, 9.17) is 8.92 Å². The first kappa shape index (κ1) is 19.5. The van der Waals surface area contributed by atoms with Crippen molar-refractivity contribution in [1.29, 1.82) is 0 Å². The Morgan fingerprint density at radius 3 is 2.63 bits per heavy atom. The molecule has 30 heavy (non-hydrogen) atoms. The van der Waals surface area contributed by atoms with Gasteiger partial charge in [-0.05, 0) is 35.2 Å². The van der Waals surface area contributed by atoms with Crippen LogP contribution in [-0.2, 0) is 25.5 Å². The van der Waals surface area contributed by atoms with Crippen molar-refractivity contribution in [3.8, 4) is 0 Å². The third-order valence-corrected chi connectivity index (χ3v) is 6.66. The van der Waals surface area contributed by atoms with Gasteiger partial charge in [-0.25, -0.2) is 9.38 Å². The fourth-order valence-electron chi connectivity index (χ4n) is 4.69. The fourth-order valence-corrected chi connectivity index (χ4v) is 5.32. The highest BCUT2D eigenvalue weighted by Gasteiger charge is 2.53. The summed E-state index contributed by atoms with van der Waals surface area (Å²) in [5.41, 5.74) is 2.91. The zero-order chi connectivity index (χ0) is 20.9. The first-order valence-electron chi connectivity index (χ1n) is 10.0. The Hall–Kier alpha value is -2.45. The Labute approximate surface area is 175 Å². The monoisotopic (exact) mass is 430 g/mol. The molecule has 3 aliphatic rings. The normalized spacial score (nSPS) is 27.9. The summed E-state index contributed by atoms with van der Waals surface area (Å²) in [6.07, 6.45) is 2.57. The second-order valence-electron chi connectivity index (χ2n) is 8.31. The van der Waals surface area contributed by atoms with E-state index in [9.17, 15) is 12.8 Å². The molecule has 1 atom stereocenters. The van der Waals surface area contributed by atoms with Crippen LogP contribution in [0.1, 0.15) is 35.6 Å². The third kappa shape index (κ3) is 3.58. The molecule has 0 saturated heterocycles. The van der Waals surface area contributed by atoms with Crippen molar-refractivity contribution in [2.45, 2.75) is 37.0 Å². The Morgan fingerprint density at radius 2 is 1.90 bits per heavy atom. The van der Waals surface area contributed by atoms with Gasteiger partial charge in [-0.1, -0.05) is 36.4 Å². The number of rotatable bonds is 3. The van der Waals surface area contributed by atoms with E-state index < -0.39 is 15.7 Å². The molecule has 0 bridgehead atoms. The molecular weight excluding hydrogens is 407 g/mol. The van der Waals surface area contributed by atoms with Gasteiger partial charge in [0.15, 0.2) is 0 Å². The highest BCUT2D eigenvalue weighted by molar-refractivity contribution is 7.86. The summed E-state index contributed by atoms with van der Waals surface area (Å²) in [7, 11) is -3.48. The van der Waals surface area contributed by atoms with Gasteiger partial charge < -0.3 is 9.64 Å². The molecule has 158 valence electrons. The number of hydrogen-bond donors (Lipinski definition) is 0. The van der Waals surface area contributed by atoms with Crippen LogP contribution in [0, 0.1) is 5.82 Å². The van der Waals surface area contributed by atoms with E-state index in [-0.39, 0.29) is 18.0 Å². The first-order chi connectivity index (χ1) is 14.3. The molecule has 0 radical (unpaired) electrons. The first-order valence-corrected chi connectivity index (χ1v) is 11.9. The molecule has 0 amide bonds. The van der Waals surface area contributed by atoms with Crippen molar-refractivity contribution in [1.82, 2.24) is 4.90 Å². The summed E-state index contributed by atoms with van der Waals surface area (Å²) >= 11 is 0. The van der Waals surface area contributed by atoms with Crippen LogP contribution in [0.4, 0.5) is 4.39 Å². The SMILES string of the molecule is CS(=O)(=O)OC1CC2(CN=C(N3CCc4ccccc4C3c3ccc(F)cc3)O2)C1. The van der Waals surface area contributed by atoms with Crippen LogP contribution in [0.2, 0.25) is 0 Å². The van der Waals surface area contributed by atoms with E-state index in [1.807, 2.05) is 12.1 Å². The summed E-state index contributed by atoms with van der Waals surface area (Å²) in [4.78, 5) is 6.81. The van der Waals surface area contributed by atoms with Gasteiger partial charge in [0.1, 0.15) is 11.4 Å². The zero-order valence-corrected chi connectivity index (χ0v) is 17.4. The minimum atomic E-state index is -3.48. The molecule has 8 heteroatoms. The highest BCUT2D eigenvalue weighted by atomic mass is 32.2. The van der Waals surface area contributed by atoms with Crippen molar-refractivity contribution in [3.05, 3.63) is 71.0 Å². The van der Waals surface area contributed by atoms with Gasteiger partial charge in [0.2, 0.25) is 0 Å². The lowest BCUT2D eigenvalue weighted by Crippen LogP contribution is -2.53. The molecule has 1 fully saturated rings. The van der Waals surface area contributed by atoms with Gasteiger partial charge in [-0.15, -0.1) is 0 Å². The number of nitrogens with zero attached hydrogens (tertiary/aromatic N) is 2. The van der Waals surface area contributed by atoms with Crippen LogP contribution >= 0.6 is 0 Å². The van der Waals surface area contributed by atoms with E-state index in [0.29, 0.717) is 25.4 Å². The molecule has 1 spiro atoms. The minimum absolute atomic E-state index is 0.118. The summed E-state index contributed by atoms with van der Waals surface area (Å²) in [6.45, 7) is 1.22. The number of halogens is 1. The maximum Gasteiger partial charge on any atom is 0.288 e. The predicted octanol–water partition coefficient (Wildman–Crippen LogP) is 3.04. The van der Waals surface area contributed by atoms with Gasteiger partial charge in [0.05, 0.1) is 24.9 Å². The van der Waals surface area contributed by atoms with E-state index in [2.05, 4.69) is 22.0 Å². The quantitative estimate of drug-likeness (QED) is 0.701. The number of ether oxygens (including phenoxy) is 1. The lowest BCUT2D eigenvalue weighted by molar-refractivity contribution is -0.0776. The van der Waals surface area contributed by atoms with Gasteiger partial charge in [-0.2, -0.15) is 8.42 Å². The third-order valence-electron chi connectivity index (χ3n) is 6.04. The van der Waals surface area contributed by atoms with Crippen molar-refractivity contribution < 1.29 is 21.7 Å². The maximum absolute atomic E-state index is 13.5. The van der Waals surface area contributed by atoms with Crippen molar-refractivity contribution in [2.24, 2.45) is 4.99 Å². The molecule has 0 aromatic heterocycles. The number of aliphatic imine (C=N–C) groups is 1. The molecule has 6 nitrogen and oxygen atoms in total. The van der Waals surface area contributed by atoms with E-state index >= 15 is 0 Å². The lowest BCUT2D eigenvalue weighted by Gasteiger charge is -2.44. The van der Waals surface area contributed by atoms with Crippen molar-refractivity contribution >= 4 is 16.1 Å². The van der Waals surface area contributed by atoms with Crippen molar-refractivity contribution in [2.75, 3.05) is 19.3 Å². The Bertz CT molecular complexity index is 1090. The fraction of sp³-hybridized carbons (Fsp3) is 0.409.